The number of rotatable bonds is 4. The Labute approximate surface area is 147 Å². The second kappa shape index (κ2) is 7.03. The molecule has 1 atom stereocenters. The van der Waals surface area contributed by atoms with Gasteiger partial charge in [0.2, 0.25) is 0 Å². The van der Waals surface area contributed by atoms with Gasteiger partial charge in [0.1, 0.15) is 5.82 Å². The maximum atomic E-state index is 13.5. The van der Waals surface area contributed by atoms with Crippen LogP contribution < -0.4 is 0 Å². The molecule has 0 saturated heterocycles. The van der Waals surface area contributed by atoms with Crippen molar-refractivity contribution in [3.63, 3.8) is 0 Å². The van der Waals surface area contributed by atoms with Gasteiger partial charge in [-0.05, 0) is 30.7 Å². The first-order valence-electron chi connectivity index (χ1n) is 7.49. The molecule has 26 heavy (non-hydrogen) atoms. The molecular formula is C18H16F4O4. The van der Waals surface area contributed by atoms with E-state index >= 15 is 0 Å². The summed E-state index contributed by atoms with van der Waals surface area (Å²) in [5.41, 5.74) is -3.64. The number of esters is 1. The zero-order valence-electron chi connectivity index (χ0n) is 14.2. The number of ketones is 1. The van der Waals surface area contributed by atoms with Crippen molar-refractivity contribution >= 4 is 17.3 Å². The van der Waals surface area contributed by atoms with Gasteiger partial charge in [-0.15, -0.1) is 0 Å². The molecule has 140 valence electrons. The van der Waals surface area contributed by atoms with Gasteiger partial charge in [0.15, 0.2) is 11.4 Å². The lowest BCUT2D eigenvalue weighted by atomic mass is 9.75. The number of ether oxygens (including phenoxy) is 2. The number of Topliss-reactive ketones (excluding diaryl/α,β-unsaturated/α-hetero) is 1. The molecule has 0 amide bonds. The lowest BCUT2D eigenvalue weighted by Gasteiger charge is -2.37. The lowest BCUT2D eigenvalue weighted by Crippen LogP contribution is -2.46. The number of benzene rings is 1. The van der Waals surface area contributed by atoms with Crippen molar-refractivity contribution in [2.45, 2.75) is 25.1 Å². The molecule has 0 saturated carbocycles. The van der Waals surface area contributed by atoms with E-state index in [9.17, 15) is 27.2 Å². The van der Waals surface area contributed by atoms with Crippen molar-refractivity contribution in [1.82, 2.24) is 0 Å². The summed E-state index contributed by atoms with van der Waals surface area (Å²) in [5.74, 6) is -2.43. The van der Waals surface area contributed by atoms with Crippen LogP contribution in [0.2, 0.25) is 0 Å². The van der Waals surface area contributed by atoms with Gasteiger partial charge >= 0.3 is 12.1 Å². The fraction of sp³-hybridized carbons (Fsp3) is 0.333. The van der Waals surface area contributed by atoms with Gasteiger partial charge in [-0.25, -0.2) is 9.18 Å². The molecule has 4 nitrogen and oxygen atoms in total. The van der Waals surface area contributed by atoms with E-state index in [1.54, 1.807) is 0 Å². The maximum Gasteiger partial charge on any atom is 0.413 e. The second-order valence-electron chi connectivity index (χ2n) is 5.71. The average Bonchev–Trinajstić information content (AvgIpc) is 2.59. The highest BCUT2D eigenvalue weighted by molar-refractivity contribution is 6.05. The number of halogens is 4. The minimum atomic E-state index is -4.84. The summed E-state index contributed by atoms with van der Waals surface area (Å²) in [7, 11) is 2.09. The van der Waals surface area contributed by atoms with E-state index in [-0.39, 0.29) is 11.1 Å². The summed E-state index contributed by atoms with van der Waals surface area (Å²) in [5, 5.41) is 0. The minimum absolute atomic E-state index is 0.00921. The molecular weight excluding hydrogens is 356 g/mol. The van der Waals surface area contributed by atoms with E-state index in [2.05, 4.69) is 4.74 Å². The highest BCUT2D eigenvalue weighted by atomic mass is 19.4. The van der Waals surface area contributed by atoms with Crippen LogP contribution in [0.1, 0.15) is 18.9 Å². The predicted molar refractivity (Wildman–Crippen MR) is 84.5 cm³/mol. The van der Waals surface area contributed by atoms with Crippen LogP contribution in [0.3, 0.4) is 0 Å². The minimum Gasteiger partial charge on any atom is -0.467 e. The normalized spacial score (nSPS) is 20.7. The van der Waals surface area contributed by atoms with E-state index < -0.39 is 46.9 Å². The van der Waals surface area contributed by atoms with Crippen LogP contribution in [0.25, 0.3) is 5.57 Å². The Kier molecular flexibility index (Phi) is 5.36. The molecule has 1 unspecified atom stereocenters. The standard InChI is InChI=1S/C18H16F4O4/c1-10(23)13-8-14(11-4-6-12(19)7-5-11)17(26-3,16(24)25-2)9-15(13)18(20,21)22/h4-8H,9H2,1-3H3. The fourth-order valence-corrected chi connectivity index (χ4v) is 2.91. The van der Waals surface area contributed by atoms with Gasteiger partial charge in [-0.1, -0.05) is 12.1 Å². The third-order valence-corrected chi connectivity index (χ3v) is 4.21. The van der Waals surface area contributed by atoms with Crippen molar-refractivity contribution < 1.29 is 36.6 Å². The molecule has 0 bridgehead atoms. The summed E-state index contributed by atoms with van der Waals surface area (Å²) in [4.78, 5) is 24.2. The predicted octanol–water partition coefficient (Wildman–Crippen LogP) is 3.62. The monoisotopic (exact) mass is 372 g/mol. The summed E-state index contributed by atoms with van der Waals surface area (Å²) in [6, 6.07) is 4.75. The third kappa shape index (κ3) is 3.41. The number of methoxy groups -OCH3 is 2. The maximum absolute atomic E-state index is 13.5. The largest absolute Gasteiger partial charge is 0.467 e. The molecule has 2 rings (SSSR count). The van der Waals surface area contributed by atoms with Gasteiger partial charge in [0.25, 0.3) is 0 Å². The molecule has 0 aromatic heterocycles. The van der Waals surface area contributed by atoms with E-state index in [0.29, 0.717) is 0 Å². The topological polar surface area (TPSA) is 52.6 Å². The van der Waals surface area contributed by atoms with Crippen molar-refractivity contribution in [3.05, 3.63) is 52.9 Å². The Morgan fingerprint density at radius 2 is 1.69 bits per heavy atom. The van der Waals surface area contributed by atoms with Crippen LogP contribution in [-0.4, -0.2) is 37.7 Å². The van der Waals surface area contributed by atoms with E-state index in [1.807, 2.05) is 0 Å². The SMILES string of the molecule is COC(=O)C1(OC)CC(C(F)(F)F)=C(C(C)=O)C=C1c1ccc(F)cc1. The number of carbonyl (C=O) groups is 2. The van der Waals surface area contributed by atoms with Crippen LogP contribution >= 0.6 is 0 Å². The first kappa shape index (κ1) is 19.8. The Morgan fingerprint density at radius 1 is 1.12 bits per heavy atom. The van der Waals surface area contributed by atoms with E-state index in [0.717, 1.165) is 39.4 Å². The number of carbonyl (C=O) groups excluding carboxylic acids is 2. The molecule has 0 fully saturated rings. The fourth-order valence-electron chi connectivity index (χ4n) is 2.91. The molecule has 1 aromatic carbocycles. The summed E-state index contributed by atoms with van der Waals surface area (Å²) >= 11 is 0. The Hall–Kier alpha value is -2.48. The Balaban J connectivity index is 2.82. The first-order valence-corrected chi connectivity index (χ1v) is 7.49. The van der Waals surface area contributed by atoms with E-state index in [1.165, 1.54) is 12.1 Å². The van der Waals surface area contributed by atoms with Crippen LogP contribution in [0, 0.1) is 5.82 Å². The zero-order valence-corrected chi connectivity index (χ0v) is 14.2. The smallest absolute Gasteiger partial charge is 0.413 e. The van der Waals surface area contributed by atoms with Crippen LogP contribution in [0.5, 0.6) is 0 Å². The third-order valence-electron chi connectivity index (χ3n) is 4.21. The molecule has 1 aromatic rings. The molecule has 8 heteroatoms. The van der Waals surface area contributed by atoms with Gasteiger partial charge in [-0.2, -0.15) is 13.2 Å². The quantitative estimate of drug-likeness (QED) is 0.598. The highest BCUT2D eigenvalue weighted by Gasteiger charge is 2.53. The zero-order chi connectivity index (χ0) is 19.7. The summed E-state index contributed by atoms with van der Waals surface area (Å²) in [6.07, 6.45) is -4.82. The lowest BCUT2D eigenvalue weighted by molar-refractivity contribution is -0.161. The Bertz CT molecular complexity index is 790. The summed E-state index contributed by atoms with van der Waals surface area (Å²) < 4.78 is 63.5. The molecule has 0 heterocycles. The second-order valence-corrected chi connectivity index (χ2v) is 5.71. The van der Waals surface area contributed by atoms with Crippen LogP contribution in [-0.2, 0) is 19.1 Å². The van der Waals surface area contributed by atoms with Crippen molar-refractivity contribution in [1.29, 1.82) is 0 Å². The highest BCUT2D eigenvalue weighted by Crippen LogP contribution is 2.46. The van der Waals surface area contributed by atoms with Gasteiger partial charge < -0.3 is 9.47 Å². The van der Waals surface area contributed by atoms with Gasteiger partial charge in [-0.3, -0.25) is 4.79 Å². The molecule has 0 aliphatic heterocycles. The molecule has 0 spiro atoms. The average molecular weight is 372 g/mol. The van der Waals surface area contributed by atoms with Crippen molar-refractivity contribution in [2.24, 2.45) is 0 Å². The summed E-state index contributed by atoms with van der Waals surface area (Å²) in [6.45, 7) is 0.998. The molecule has 0 N–H and O–H groups in total. The van der Waals surface area contributed by atoms with Gasteiger partial charge in [0, 0.05) is 30.2 Å². The number of hydrogen-bond donors (Lipinski definition) is 0. The van der Waals surface area contributed by atoms with Crippen LogP contribution in [0.15, 0.2) is 41.5 Å². The van der Waals surface area contributed by atoms with E-state index in [4.69, 9.17) is 4.74 Å². The number of hydrogen-bond acceptors (Lipinski definition) is 4. The van der Waals surface area contributed by atoms with Crippen molar-refractivity contribution in [3.8, 4) is 0 Å². The number of allylic oxidation sites excluding steroid dienone is 2. The molecule has 1 aliphatic carbocycles. The Morgan fingerprint density at radius 3 is 2.12 bits per heavy atom. The molecule has 0 radical (unpaired) electrons. The van der Waals surface area contributed by atoms with Crippen LogP contribution in [0.4, 0.5) is 17.6 Å². The number of alkyl halides is 3. The van der Waals surface area contributed by atoms with Crippen molar-refractivity contribution in [2.75, 3.05) is 14.2 Å². The molecule has 1 aliphatic rings. The van der Waals surface area contributed by atoms with Gasteiger partial charge in [0.05, 0.1) is 7.11 Å². The first-order chi connectivity index (χ1) is 12.1.